The first-order valence-corrected chi connectivity index (χ1v) is 7.89. The molecular formula is C17H29N3O. The normalized spacial score (nSPS) is 12.7. The van der Waals surface area contributed by atoms with Gasteiger partial charge in [0.1, 0.15) is 0 Å². The maximum atomic E-state index is 12.1. The molecule has 1 aromatic carbocycles. The minimum Gasteiger partial charge on any atom is -0.300 e. The lowest BCUT2D eigenvalue weighted by atomic mass is 9.97. The van der Waals surface area contributed by atoms with Gasteiger partial charge in [0.05, 0.1) is 5.92 Å². The summed E-state index contributed by atoms with van der Waals surface area (Å²) in [6.45, 7) is 8.28. The van der Waals surface area contributed by atoms with Crippen molar-refractivity contribution in [3.63, 3.8) is 0 Å². The molecule has 4 nitrogen and oxygen atoms in total. The highest BCUT2D eigenvalue weighted by Crippen LogP contribution is 2.19. The number of nitrogens with one attached hydrogen (secondary N) is 1. The van der Waals surface area contributed by atoms with E-state index in [1.54, 1.807) is 0 Å². The summed E-state index contributed by atoms with van der Waals surface area (Å²) in [5, 5.41) is 0. The summed E-state index contributed by atoms with van der Waals surface area (Å²) in [6.07, 6.45) is 3.60. The summed E-state index contributed by atoms with van der Waals surface area (Å²) in [5.41, 5.74) is 3.32. The summed E-state index contributed by atoms with van der Waals surface area (Å²) in [7, 11) is 0. The van der Waals surface area contributed by atoms with Crippen LogP contribution in [0.2, 0.25) is 0 Å². The van der Waals surface area contributed by atoms with Crippen LogP contribution >= 0.6 is 0 Å². The van der Waals surface area contributed by atoms with Crippen molar-refractivity contribution in [1.29, 1.82) is 0 Å². The second kappa shape index (κ2) is 9.53. The van der Waals surface area contributed by atoms with Crippen LogP contribution in [-0.2, 0) is 4.79 Å². The van der Waals surface area contributed by atoms with Crippen molar-refractivity contribution < 1.29 is 4.79 Å². The minimum absolute atomic E-state index is 0.123. The SMILES string of the molecule is CCCCCN(CC(C(=O)NN)c1ccccc1)C(C)C. The summed E-state index contributed by atoms with van der Waals surface area (Å²) in [6, 6.07) is 10.3. The maximum absolute atomic E-state index is 12.1. The van der Waals surface area contributed by atoms with Crippen LogP contribution in [0.1, 0.15) is 51.5 Å². The zero-order valence-electron chi connectivity index (χ0n) is 13.5. The Bertz CT molecular complexity index is 406. The molecule has 118 valence electrons. The number of carbonyl (C=O) groups is 1. The largest absolute Gasteiger partial charge is 0.300 e. The molecule has 0 bridgehead atoms. The van der Waals surface area contributed by atoms with E-state index in [9.17, 15) is 4.79 Å². The Balaban J connectivity index is 2.80. The first-order chi connectivity index (χ1) is 10.1. The Morgan fingerprint density at radius 2 is 1.90 bits per heavy atom. The van der Waals surface area contributed by atoms with E-state index in [-0.39, 0.29) is 11.8 Å². The molecule has 0 radical (unpaired) electrons. The zero-order chi connectivity index (χ0) is 15.7. The summed E-state index contributed by atoms with van der Waals surface area (Å²) in [5.74, 6) is 5.02. The van der Waals surface area contributed by atoms with E-state index in [1.807, 2.05) is 30.3 Å². The number of nitrogens with zero attached hydrogens (tertiary/aromatic N) is 1. The predicted molar refractivity (Wildman–Crippen MR) is 87.7 cm³/mol. The van der Waals surface area contributed by atoms with Crippen molar-refractivity contribution in [2.45, 2.75) is 52.0 Å². The lowest BCUT2D eigenvalue weighted by Crippen LogP contribution is -2.42. The van der Waals surface area contributed by atoms with Crippen LogP contribution in [0.4, 0.5) is 0 Å². The second-order valence-corrected chi connectivity index (χ2v) is 5.77. The highest BCUT2D eigenvalue weighted by molar-refractivity contribution is 5.83. The number of nitrogens with two attached hydrogens (primary N) is 1. The highest BCUT2D eigenvalue weighted by Gasteiger charge is 2.23. The molecule has 0 aliphatic heterocycles. The Morgan fingerprint density at radius 3 is 2.43 bits per heavy atom. The molecule has 0 aliphatic rings. The maximum Gasteiger partial charge on any atom is 0.242 e. The predicted octanol–water partition coefficient (Wildman–Crippen LogP) is 2.66. The quantitative estimate of drug-likeness (QED) is 0.318. The first kappa shape index (κ1) is 17.7. The monoisotopic (exact) mass is 291 g/mol. The van der Waals surface area contributed by atoms with Crippen LogP contribution in [0.25, 0.3) is 0 Å². The molecule has 1 amide bonds. The van der Waals surface area contributed by atoms with Gasteiger partial charge in [0.15, 0.2) is 0 Å². The Morgan fingerprint density at radius 1 is 1.24 bits per heavy atom. The third-order valence-corrected chi connectivity index (χ3v) is 3.86. The van der Waals surface area contributed by atoms with Gasteiger partial charge in [-0.15, -0.1) is 0 Å². The van der Waals surface area contributed by atoms with E-state index in [4.69, 9.17) is 5.84 Å². The molecule has 0 fully saturated rings. The van der Waals surface area contributed by atoms with Gasteiger partial charge in [-0.2, -0.15) is 0 Å². The van der Waals surface area contributed by atoms with Gasteiger partial charge in [-0.25, -0.2) is 5.84 Å². The molecule has 0 saturated carbocycles. The fourth-order valence-electron chi connectivity index (χ4n) is 2.49. The van der Waals surface area contributed by atoms with Crippen LogP contribution in [0.3, 0.4) is 0 Å². The molecule has 0 spiro atoms. The molecular weight excluding hydrogens is 262 g/mol. The van der Waals surface area contributed by atoms with Crippen molar-refractivity contribution >= 4 is 5.91 Å². The molecule has 0 aromatic heterocycles. The van der Waals surface area contributed by atoms with Crippen molar-refractivity contribution in [3.8, 4) is 0 Å². The molecule has 4 heteroatoms. The highest BCUT2D eigenvalue weighted by atomic mass is 16.2. The van der Waals surface area contributed by atoms with Gasteiger partial charge in [0.2, 0.25) is 5.91 Å². The smallest absolute Gasteiger partial charge is 0.242 e. The molecule has 1 aromatic rings. The number of hydrazine groups is 1. The number of hydrogen-bond donors (Lipinski definition) is 2. The number of rotatable bonds is 9. The number of benzene rings is 1. The van der Waals surface area contributed by atoms with Crippen molar-refractivity contribution in [1.82, 2.24) is 10.3 Å². The van der Waals surface area contributed by atoms with Gasteiger partial charge in [-0.1, -0.05) is 50.1 Å². The molecule has 0 saturated heterocycles. The zero-order valence-corrected chi connectivity index (χ0v) is 13.5. The minimum atomic E-state index is -0.222. The topological polar surface area (TPSA) is 58.4 Å². The molecule has 0 heterocycles. The van der Waals surface area contributed by atoms with Crippen molar-refractivity contribution in [3.05, 3.63) is 35.9 Å². The van der Waals surface area contributed by atoms with E-state index in [1.165, 1.54) is 19.3 Å². The summed E-state index contributed by atoms with van der Waals surface area (Å²) < 4.78 is 0. The fourth-order valence-corrected chi connectivity index (χ4v) is 2.49. The van der Waals surface area contributed by atoms with Gasteiger partial charge in [-0.05, 0) is 32.4 Å². The lowest BCUT2D eigenvalue weighted by Gasteiger charge is -2.30. The third-order valence-electron chi connectivity index (χ3n) is 3.86. The van der Waals surface area contributed by atoms with E-state index < -0.39 is 0 Å². The van der Waals surface area contributed by atoms with Gasteiger partial charge in [-0.3, -0.25) is 15.1 Å². The molecule has 1 atom stereocenters. The molecule has 1 rings (SSSR count). The van der Waals surface area contributed by atoms with Gasteiger partial charge >= 0.3 is 0 Å². The van der Waals surface area contributed by atoms with Crippen molar-refractivity contribution in [2.75, 3.05) is 13.1 Å². The number of carbonyl (C=O) groups excluding carboxylic acids is 1. The average Bonchev–Trinajstić information content (AvgIpc) is 2.50. The average molecular weight is 291 g/mol. The fraction of sp³-hybridized carbons (Fsp3) is 0.588. The van der Waals surface area contributed by atoms with Crippen LogP contribution in [0.5, 0.6) is 0 Å². The van der Waals surface area contributed by atoms with Gasteiger partial charge in [0, 0.05) is 12.6 Å². The van der Waals surface area contributed by atoms with Crippen molar-refractivity contribution in [2.24, 2.45) is 5.84 Å². The van der Waals surface area contributed by atoms with E-state index in [2.05, 4.69) is 31.1 Å². The second-order valence-electron chi connectivity index (χ2n) is 5.77. The van der Waals surface area contributed by atoms with Crippen LogP contribution in [0, 0.1) is 0 Å². The number of hydrogen-bond acceptors (Lipinski definition) is 3. The Labute approximate surface area is 128 Å². The molecule has 21 heavy (non-hydrogen) atoms. The van der Waals surface area contributed by atoms with E-state index in [0.29, 0.717) is 12.6 Å². The van der Waals surface area contributed by atoms with Crippen LogP contribution < -0.4 is 11.3 Å². The summed E-state index contributed by atoms with van der Waals surface area (Å²) >= 11 is 0. The lowest BCUT2D eigenvalue weighted by molar-refractivity contribution is -0.123. The third kappa shape index (κ3) is 5.86. The molecule has 1 unspecified atom stereocenters. The van der Waals surface area contributed by atoms with Crippen LogP contribution in [0.15, 0.2) is 30.3 Å². The standard InChI is InChI=1S/C17H29N3O/c1-4-5-9-12-20(14(2)3)13-16(17(21)19-18)15-10-7-6-8-11-15/h6-8,10-11,14,16H,4-5,9,12-13,18H2,1-3H3,(H,19,21). The van der Waals surface area contributed by atoms with E-state index in [0.717, 1.165) is 12.1 Å². The van der Waals surface area contributed by atoms with Gasteiger partial charge < -0.3 is 0 Å². The van der Waals surface area contributed by atoms with E-state index >= 15 is 0 Å². The Hall–Kier alpha value is -1.39. The molecule has 0 aliphatic carbocycles. The molecule has 3 N–H and O–H groups in total. The first-order valence-electron chi connectivity index (χ1n) is 7.89. The number of amides is 1. The Kier molecular flexibility index (Phi) is 8.01. The number of unbranched alkanes of at least 4 members (excludes halogenated alkanes) is 2. The van der Waals surface area contributed by atoms with Gasteiger partial charge in [0.25, 0.3) is 0 Å². The van der Waals surface area contributed by atoms with Crippen LogP contribution in [-0.4, -0.2) is 29.9 Å². The summed E-state index contributed by atoms with van der Waals surface area (Å²) in [4.78, 5) is 14.5.